The van der Waals surface area contributed by atoms with Gasteiger partial charge >= 0.3 is 22.3 Å². The fourth-order valence-electron chi connectivity index (χ4n) is 2.11. The minimum atomic E-state index is -4.64. The second kappa shape index (κ2) is 6.75. The van der Waals surface area contributed by atoms with Gasteiger partial charge in [-0.1, -0.05) is 12.1 Å². The second-order valence-electron chi connectivity index (χ2n) is 4.98. The van der Waals surface area contributed by atoms with Gasteiger partial charge in [0, 0.05) is 0 Å². The summed E-state index contributed by atoms with van der Waals surface area (Å²) in [7, 11) is -3.30. The molecule has 9 heteroatoms. The normalized spacial score (nSPS) is 11.9. The third kappa shape index (κ3) is 4.11. The van der Waals surface area contributed by atoms with E-state index in [0.717, 1.165) is 25.3 Å². The Morgan fingerprint density at radius 2 is 1.72 bits per heavy atom. The van der Waals surface area contributed by atoms with E-state index in [4.69, 9.17) is 4.18 Å². The number of alkyl halides is 3. The van der Waals surface area contributed by atoms with Crippen LogP contribution in [0, 0.1) is 6.92 Å². The first-order valence-electron chi connectivity index (χ1n) is 6.86. The molecule has 0 spiro atoms. The number of rotatable bonds is 4. The van der Waals surface area contributed by atoms with Gasteiger partial charge in [0.1, 0.15) is 10.6 Å². The molecular formula is C16H13F3O5S. The Bertz CT molecular complexity index is 904. The maximum absolute atomic E-state index is 12.7. The predicted molar refractivity (Wildman–Crippen MR) is 81.8 cm³/mol. The molecule has 0 bridgehead atoms. The van der Waals surface area contributed by atoms with Crippen molar-refractivity contribution in [2.45, 2.75) is 18.0 Å². The lowest BCUT2D eigenvalue weighted by Gasteiger charge is -2.13. The van der Waals surface area contributed by atoms with Crippen LogP contribution < -0.4 is 4.18 Å². The zero-order chi connectivity index (χ0) is 18.8. The summed E-state index contributed by atoms with van der Waals surface area (Å²) < 4.78 is 72.3. The van der Waals surface area contributed by atoms with Crippen molar-refractivity contribution in [2.24, 2.45) is 0 Å². The number of hydrogen-bond donors (Lipinski definition) is 0. The van der Waals surface area contributed by atoms with E-state index < -0.39 is 33.6 Å². The Balaban J connectivity index is 2.43. The van der Waals surface area contributed by atoms with Gasteiger partial charge in [0.05, 0.1) is 18.2 Å². The van der Waals surface area contributed by atoms with Crippen molar-refractivity contribution < 1.29 is 35.3 Å². The molecule has 134 valence electrons. The Morgan fingerprint density at radius 1 is 1.08 bits per heavy atom. The fourth-order valence-corrected chi connectivity index (χ4v) is 3.29. The number of carbonyl (C=O) groups excluding carboxylic acids is 1. The van der Waals surface area contributed by atoms with Crippen LogP contribution in [-0.2, 0) is 21.0 Å². The van der Waals surface area contributed by atoms with Crippen molar-refractivity contribution in [1.29, 1.82) is 0 Å². The molecule has 0 heterocycles. The number of methoxy groups -OCH3 is 1. The van der Waals surface area contributed by atoms with Crippen molar-refractivity contribution >= 4 is 16.1 Å². The molecule has 0 radical (unpaired) electrons. The van der Waals surface area contributed by atoms with E-state index in [2.05, 4.69) is 4.74 Å². The summed E-state index contributed by atoms with van der Waals surface area (Å²) in [5.41, 5.74) is -0.960. The van der Waals surface area contributed by atoms with Crippen LogP contribution >= 0.6 is 0 Å². The molecule has 0 aliphatic heterocycles. The Morgan fingerprint density at radius 3 is 2.32 bits per heavy atom. The van der Waals surface area contributed by atoms with E-state index >= 15 is 0 Å². The van der Waals surface area contributed by atoms with Crippen molar-refractivity contribution in [3.05, 3.63) is 59.2 Å². The Kier molecular flexibility index (Phi) is 5.07. The molecule has 0 unspecified atom stereocenters. The topological polar surface area (TPSA) is 69.7 Å². The van der Waals surface area contributed by atoms with Crippen LogP contribution in [0.1, 0.15) is 21.5 Å². The van der Waals surface area contributed by atoms with Gasteiger partial charge in [0.2, 0.25) is 0 Å². The first-order valence-corrected chi connectivity index (χ1v) is 8.27. The standard InChI is InChI=1S/C16H13F3O5S/c1-10-13(15(20)23-2)7-4-8-14(10)25(21,22)24-12-6-3-5-11(9-12)16(17,18)19/h3-9H,1-2H3. The van der Waals surface area contributed by atoms with Crippen LogP contribution in [0.15, 0.2) is 47.4 Å². The van der Waals surface area contributed by atoms with Gasteiger partial charge in [-0.05, 0) is 42.8 Å². The molecule has 2 rings (SSSR count). The molecule has 5 nitrogen and oxygen atoms in total. The highest BCUT2D eigenvalue weighted by Gasteiger charge is 2.31. The Labute approximate surface area is 142 Å². The van der Waals surface area contributed by atoms with Gasteiger partial charge in [-0.25, -0.2) is 4.79 Å². The summed E-state index contributed by atoms with van der Waals surface area (Å²) >= 11 is 0. The third-order valence-corrected chi connectivity index (χ3v) is 4.72. The van der Waals surface area contributed by atoms with Crippen molar-refractivity contribution in [2.75, 3.05) is 7.11 Å². The monoisotopic (exact) mass is 374 g/mol. The molecule has 0 saturated heterocycles. The Hall–Kier alpha value is -2.55. The summed E-state index contributed by atoms with van der Waals surface area (Å²) in [6.07, 6.45) is -4.64. The zero-order valence-corrected chi connectivity index (χ0v) is 13.9. The molecule has 0 aliphatic rings. The summed E-state index contributed by atoms with van der Waals surface area (Å²) in [4.78, 5) is 11.3. The highest BCUT2D eigenvalue weighted by molar-refractivity contribution is 7.87. The molecule has 25 heavy (non-hydrogen) atoms. The summed E-state index contributed by atoms with van der Waals surface area (Å²) in [5.74, 6) is -1.23. The van der Waals surface area contributed by atoms with Crippen LogP contribution in [0.5, 0.6) is 5.75 Å². The van der Waals surface area contributed by atoms with Gasteiger partial charge in [-0.3, -0.25) is 0 Å². The lowest BCUT2D eigenvalue weighted by Crippen LogP contribution is -2.14. The number of halogens is 3. The number of carbonyl (C=O) groups is 1. The lowest BCUT2D eigenvalue weighted by atomic mass is 10.1. The van der Waals surface area contributed by atoms with Crippen LogP contribution in [-0.4, -0.2) is 21.5 Å². The number of benzene rings is 2. The third-order valence-electron chi connectivity index (χ3n) is 3.33. The predicted octanol–water partition coefficient (Wildman–Crippen LogP) is 3.57. The van der Waals surface area contributed by atoms with Gasteiger partial charge < -0.3 is 8.92 Å². The maximum Gasteiger partial charge on any atom is 0.416 e. The molecule has 0 aromatic heterocycles. The quantitative estimate of drug-likeness (QED) is 0.605. The van der Waals surface area contributed by atoms with Crippen LogP contribution in [0.25, 0.3) is 0 Å². The molecule has 0 amide bonds. The molecule has 0 saturated carbocycles. The molecule has 0 N–H and O–H groups in total. The van der Waals surface area contributed by atoms with Gasteiger partial charge in [0.25, 0.3) is 0 Å². The average molecular weight is 374 g/mol. The molecule has 0 atom stereocenters. The number of ether oxygens (including phenoxy) is 1. The van der Waals surface area contributed by atoms with E-state index in [0.29, 0.717) is 6.07 Å². The van der Waals surface area contributed by atoms with Gasteiger partial charge in [-0.2, -0.15) is 21.6 Å². The smallest absolute Gasteiger partial charge is 0.416 e. The number of hydrogen-bond acceptors (Lipinski definition) is 5. The molecule has 2 aromatic carbocycles. The molecule has 0 fully saturated rings. The van der Waals surface area contributed by atoms with E-state index in [-0.39, 0.29) is 16.0 Å². The van der Waals surface area contributed by atoms with Gasteiger partial charge in [-0.15, -0.1) is 0 Å². The molecule has 2 aromatic rings. The summed E-state index contributed by atoms with van der Waals surface area (Å²) in [6, 6.07) is 7.36. The summed E-state index contributed by atoms with van der Waals surface area (Å²) in [6.45, 7) is 1.37. The zero-order valence-electron chi connectivity index (χ0n) is 13.1. The highest BCUT2D eigenvalue weighted by Crippen LogP contribution is 2.32. The largest absolute Gasteiger partial charge is 0.465 e. The molecular weight excluding hydrogens is 361 g/mol. The number of esters is 1. The fraction of sp³-hybridized carbons (Fsp3) is 0.188. The van der Waals surface area contributed by atoms with E-state index in [1.165, 1.54) is 25.1 Å². The minimum absolute atomic E-state index is 0.0104. The lowest BCUT2D eigenvalue weighted by molar-refractivity contribution is -0.137. The summed E-state index contributed by atoms with van der Waals surface area (Å²) in [5, 5.41) is 0. The second-order valence-corrected chi connectivity index (χ2v) is 6.50. The van der Waals surface area contributed by atoms with Crippen LogP contribution in [0.4, 0.5) is 13.2 Å². The molecule has 0 aliphatic carbocycles. The maximum atomic E-state index is 12.7. The first kappa shape index (κ1) is 18.8. The average Bonchev–Trinajstić information content (AvgIpc) is 2.53. The van der Waals surface area contributed by atoms with Crippen molar-refractivity contribution in [3.8, 4) is 5.75 Å². The minimum Gasteiger partial charge on any atom is -0.465 e. The van der Waals surface area contributed by atoms with Crippen LogP contribution in [0.2, 0.25) is 0 Å². The van der Waals surface area contributed by atoms with E-state index in [1.54, 1.807) is 0 Å². The van der Waals surface area contributed by atoms with Gasteiger partial charge in [0.15, 0.2) is 0 Å². The van der Waals surface area contributed by atoms with E-state index in [9.17, 15) is 26.4 Å². The highest BCUT2D eigenvalue weighted by atomic mass is 32.2. The first-order chi connectivity index (χ1) is 11.6. The SMILES string of the molecule is COC(=O)c1cccc(S(=O)(=O)Oc2cccc(C(F)(F)F)c2)c1C. The van der Waals surface area contributed by atoms with Crippen molar-refractivity contribution in [3.63, 3.8) is 0 Å². The van der Waals surface area contributed by atoms with Crippen LogP contribution in [0.3, 0.4) is 0 Å². The van der Waals surface area contributed by atoms with Crippen molar-refractivity contribution in [1.82, 2.24) is 0 Å². The van der Waals surface area contributed by atoms with E-state index in [1.807, 2.05) is 0 Å².